The van der Waals surface area contributed by atoms with E-state index in [9.17, 15) is 22.9 Å². The maximum absolute atomic E-state index is 14.0. The second-order valence-electron chi connectivity index (χ2n) is 9.06. The molecule has 2 aromatic carbocycles. The van der Waals surface area contributed by atoms with Gasteiger partial charge < -0.3 is 15.6 Å². The van der Waals surface area contributed by atoms with Crippen molar-refractivity contribution in [3.63, 3.8) is 0 Å². The van der Waals surface area contributed by atoms with E-state index in [4.69, 9.17) is 15.9 Å². The monoisotopic (exact) mass is 521 g/mol. The van der Waals surface area contributed by atoms with Crippen molar-refractivity contribution in [3.05, 3.63) is 76.0 Å². The highest BCUT2D eigenvalue weighted by atomic mass is 32.2. The lowest BCUT2D eigenvalue weighted by Gasteiger charge is -2.33. The second kappa shape index (κ2) is 9.44. The third-order valence-corrected chi connectivity index (χ3v) is 7.44. The lowest BCUT2D eigenvalue weighted by molar-refractivity contribution is 0.491. The van der Waals surface area contributed by atoms with Crippen molar-refractivity contribution in [2.75, 3.05) is 18.0 Å². The van der Waals surface area contributed by atoms with Gasteiger partial charge in [0, 0.05) is 30.9 Å². The first kappa shape index (κ1) is 24.6. The zero-order valence-corrected chi connectivity index (χ0v) is 20.5. The van der Waals surface area contributed by atoms with E-state index < -0.39 is 15.8 Å². The van der Waals surface area contributed by atoms with Crippen LogP contribution in [0.4, 0.5) is 10.3 Å². The van der Waals surface area contributed by atoms with Crippen LogP contribution in [0.15, 0.2) is 58.4 Å². The van der Waals surface area contributed by atoms with Gasteiger partial charge in [-0.2, -0.15) is 5.26 Å². The zero-order chi connectivity index (χ0) is 26.3. The predicted molar refractivity (Wildman–Crippen MR) is 137 cm³/mol. The largest absolute Gasteiger partial charge is 0.355 e. The summed E-state index contributed by atoms with van der Waals surface area (Å²) in [6.45, 7) is 1.05. The fourth-order valence-corrected chi connectivity index (χ4v) is 5.19. The zero-order valence-electron chi connectivity index (χ0n) is 19.7. The van der Waals surface area contributed by atoms with Crippen LogP contribution in [0.5, 0.6) is 0 Å². The van der Waals surface area contributed by atoms with Gasteiger partial charge in [-0.05, 0) is 54.3 Å². The lowest BCUT2D eigenvalue weighted by Crippen LogP contribution is -2.45. The first-order valence-corrected chi connectivity index (χ1v) is 13.1. The Morgan fingerprint density at radius 2 is 1.97 bits per heavy atom. The molecule has 1 aliphatic heterocycles. The number of H-pyrrole nitrogens is 1. The van der Waals surface area contributed by atoms with Crippen LogP contribution in [0.1, 0.15) is 24.0 Å². The van der Waals surface area contributed by atoms with Crippen molar-refractivity contribution in [3.8, 4) is 17.2 Å². The molecule has 0 bridgehead atoms. The number of nitrogens with two attached hydrogens (primary N) is 2. The topological polar surface area (TPSA) is 164 Å². The van der Waals surface area contributed by atoms with Gasteiger partial charge in [0.05, 0.1) is 23.1 Å². The van der Waals surface area contributed by atoms with E-state index in [0.717, 1.165) is 12.8 Å². The minimum absolute atomic E-state index is 0.0298. The Labute approximate surface area is 212 Å². The van der Waals surface area contributed by atoms with E-state index in [0.29, 0.717) is 41.2 Å². The smallest absolute Gasteiger partial charge is 0.279 e. The summed E-state index contributed by atoms with van der Waals surface area (Å²) >= 11 is 0. The Bertz CT molecular complexity index is 1710. The fourth-order valence-electron chi connectivity index (χ4n) is 4.67. The predicted octanol–water partition coefficient (Wildman–Crippen LogP) is 2.03. The molecule has 5 rings (SSSR count). The van der Waals surface area contributed by atoms with Crippen molar-refractivity contribution >= 4 is 27.0 Å². The van der Waals surface area contributed by atoms with Crippen LogP contribution < -0.4 is 21.3 Å². The maximum atomic E-state index is 14.0. The average molecular weight is 522 g/mol. The van der Waals surface area contributed by atoms with Crippen LogP contribution in [0.3, 0.4) is 0 Å². The standard InChI is InChI=1S/C25H24FN7O3S/c26-18-6-3-16(11-27)17(10-18)13-33-24(34)23-22(31-25(33)32-9-1-2-19(28)14-32)21(12-30-23)15-4-7-20(8-5-15)37(29,35)36/h3-8,10,12,19,30H,1-2,9,13-14,28H2,(H2,29,35,36)/t19-/m1/s1. The number of piperidine rings is 1. The number of aromatic nitrogens is 3. The summed E-state index contributed by atoms with van der Waals surface area (Å²) in [4.78, 5) is 23.5. The minimum Gasteiger partial charge on any atom is -0.355 e. The first-order chi connectivity index (χ1) is 17.7. The Balaban J connectivity index is 1.69. The molecule has 1 fully saturated rings. The quantitative estimate of drug-likeness (QED) is 0.362. The molecule has 1 aliphatic rings. The third-order valence-electron chi connectivity index (χ3n) is 6.52. The summed E-state index contributed by atoms with van der Waals surface area (Å²) in [6, 6.07) is 11.8. The maximum Gasteiger partial charge on any atom is 0.279 e. The van der Waals surface area contributed by atoms with Crippen LogP contribution in [0, 0.1) is 17.1 Å². The van der Waals surface area contributed by atoms with E-state index >= 15 is 0 Å². The van der Waals surface area contributed by atoms with Crippen molar-refractivity contribution in [2.24, 2.45) is 10.9 Å². The number of nitriles is 1. The summed E-state index contributed by atoms with van der Waals surface area (Å²) in [6.07, 6.45) is 3.29. The Morgan fingerprint density at radius 3 is 2.65 bits per heavy atom. The number of primary sulfonamides is 1. The first-order valence-electron chi connectivity index (χ1n) is 11.6. The highest BCUT2D eigenvalue weighted by Gasteiger charge is 2.25. The van der Waals surface area contributed by atoms with Crippen LogP contribution in [0.25, 0.3) is 22.2 Å². The number of rotatable bonds is 5. The summed E-state index contributed by atoms with van der Waals surface area (Å²) in [5, 5.41) is 14.7. The summed E-state index contributed by atoms with van der Waals surface area (Å²) in [5.41, 5.74) is 8.32. The van der Waals surface area contributed by atoms with Gasteiger partial charge in [0.15, 0.2) is 0 Å². The van der Waals surface area contributed by atoms with Gasteiger partial charge in [-0.3, -0.25) is 9.36 Å². The number of nitrogens with one attached hydrogen (secondary N) is 1. The molecule has 12 heteroatoms. The Hall–Kier alpha value is -4.05. The molecule has 1 atom stereocenters. The van der Waals surface area contributed by atoms with Gasteiger partial charge in [-0.25, -0.2) is 22.9 Å². The van der Waals surface area contributed by atoms with Crippen LogP contribution in [0.2, 0.25) is 0 Å². The number of hydrogen-bond donors (Lipinski definition) is 3. The average Bonchev–Trinajstić information content (AvgIpc) is 3.29. The lowest BCUT2D eigenvalue weighted by atomic mass is 10.1. The number of fused-ring (bicyclic) bond motifs is 1. The molecule has 0 amide bonds. The van der Waals surface area contributed by atoms with Crippen molar-refractivity contribution < 1.29 is 12.8 Å². The minimum atomic E-state index is -3.85. The molecule has 2 aromatic heterocycles. The number of aromatic amines is 1. The third kappa shape index (κ3) is 4.72. The number of benzene rings is 2. The van der Waals surface area contributed by atoms with Gasteiger partial charge in [-0.15, -0.1) is 0 Å². The number of anilines is 1. The summed E-state index contributed by atoms with van der Waals surface area (Å²) < 4.78 is 38.8. The molecule has 4 aromatic rings. The molecule has 0 radical (unpaired) electrons. The molecule has 1 saturated heterocycles. The SMILES string of the molecule is N#Cc1ccc(F)cc1Cn1c(N2CCC[C@@H](N)C2)nc2c(-c3ccc(S(N)(=O)=O)cc3)c[nH]c2c1=O. The van der Waals surface area contributed by atoms with Crippen molar-refractivity contribution in [1.29, 1.82) is 5.26 Å². The van der Waals surface area contributed by atoms with E-state index in [1.54, 1.807) is 18.3 Å². The van der Waals surface area contributed by atoms with Gasteiger partial charge >= 0.3 is 0 Å². The van der Waals surface area contributed by atoms with Gasteiger partial charge in [0.2, 0.25) is 16.0 Å². The molecule has 0 aliphatic carbocycles. The molecule has 3 heterocycles. The van der Waals surface area contributed by atoms with Gasteiger partial charge in [0.25, 0.3) is 5.56 Å². The van der Waals surface area contributed by atoms with E-state index in [1.165, 1.54) is 34.9 Å². The number of sulfonamides is 1. The van der Waals surface area contributed by atoms with Gasteiger partial charge in [-0.1, -0.05) is 12.1 Å². The van der Waals surface area contributed by atoms with Crippen molar-refractivity contribution in [2.45, 2.75) is 30.3 Å². The van der Waals surface area contributed by atoms with Crippen molar-refractivity contribution in [1.82, 2.24) is 14.5 Å². The van der Waals surface area contributed by atoms with Crippen LogP contribution in [-0.2, 0) is 16.6 Å². The molecule has 190 valence electrons. The molecular formula is C25H24FN7O3S. The second-order valence-corrected chi connectivity index (χ2v) is 10.6. The molecule has 10 nitrogen and oxygen atoms in total. The van der Waals surface area contributed by atoms with Crippen LogP contribution >= 0.6 is 0 Å². The molecule has 0 saturated carbocycles. The highest BCUT2D eigenvalue weighted by Crippen LogP contribution is 2.29. The highest BCUT2D eigenvalue weighted by molar-refractivity contribution is 7.89. The molecule has 0 unspecified atom stereocenters. The summed E-state index contributed by atoms with van der Waals surface area (Å²) in [7, 11) is -3.85. The Kier molecular flexibility index (Phi) is 6.28. The Morgan fingerprint density at radius 1 is 1.22 bits per heavy atom. The fraction of sp³-hybridized carbons (Fsp3) is 0.240. The van der Waals surface area contributed by atoms with E-state index in [1.807, 2.05) is 4.90 Å². The molecule has 5 N–H and O–H groups in total. The normalized spacial score (nSPS) is 16.2. The molecule has 0 spiro atoms. The van der Waals surface area contributed by atoms with E-state index in [-0.39, 0.29) is 34.1 Å². The van der Waals surface area contributed by atoms with E-state index in [2.05, 4.69) is 11.1 Å². The van der Waals surface area contributed by atoms with Gasteiger partial charge in [0.1, 0.15) is 16.9 Å². The number of halogens is 1. The number of hydrogen-bond acceptors (Lipinski definition) is 7. The summed E-state index contributed by atoms with van der Waals surface area (Å²) in [5.74, 6) is -0.148. The molecule has 37 heavy (non-hydrogen) atoms. The molecular weight excluding hydrogens is 497 g/mol. The van der Waals surface area contributed by atoms with Crippen LogP contribution in [-0.4, -0.2) is 42.1 Å². The number of nitrogens with zero attached hydrogens (tertiary/aromatic N) is 4.